The molecule has 0 radical (unpaired) electrons. The van der Waals surface area contributed by atoms with Crippen LogP contribution >= 0.6 is 0 Å². The fraction of sp³-hybridized carbons (Fsp3) is 1.00. The molecule has 3 N–H and O–H groups in total. The van der Waals surface area contributed by atoms with E-state index < -0.39 is 15.6 Å². The summed E-state index contributed by atoms with van der Waals surface area (Å²) in [6, 6.07) is -0.0535. The normalized spacial score (nSPS) is 21.9. The molecule has 0 unspecified atom stereocenters. The highest BCUT2D eigenvalue weighted by Gasteiger charge is 2.32. The van der Waals surface area contributed by atoms with Crippen LogP contribution in [0.5, 0.6) is 0 Å². The number of hydrogen-bond donors (Lipinski definition) is 2. The Kier molecular flexibility index (Phi) is 4.14. The van der Waals surface area contributed by atoms with E-state index in [-0.39, 0.29) is 11.8 Å². The predicted molar refractivity (Wildman–Crippen MR) is 62.1 cm³/mol. The lowest BCUT2D eigenvalue weighted by Crippen LogP contribution is -2.51. The zero-order valence-electron chi connectivity index (χ0n) is 9.62. The molecule has 90 valence electrons. The Hall–Kier alpha value is -0.130. The molecule has 4 nitrogen and oxygen atoms in total. The van der Waals surface area contributed by atoms with Gasteiger partial charge in [-0.2, -0.15) is 0 Å². The predicted octanol–water partition coefficient (Wildman–Crippen LogP) is 0.976. The highest BCUT2D eigenvalue weighted by Crippen LogP contribution is 2.26. The van der Waals surface area contributed by atoms with E-state index in [0.29, 0.717) is 0 Å². The van der Waals surface area contributed by atoms with Crippen LogP contribution in [0.2, 0.25) is 0 Å². The van der Waals surface area contributed by atoms with E-state index in [0.717, 1.165) is 25.7 Å². The van der Waals surface area contributed by atoms with Crippen LogP contribution in [-0.4, -0.2) is 25.8 Å². The minimum Gasteiger partial charge on any atom is -0.324 e. The molecule has 1 fully saturated rings. The largest absolute Gasteiger partial charge is 0.324 e. The Morgan fingerprint density at radius 3 is 2.27 bits per heavy atom. The first-order valence-corrected chi connectivity index (χ1v) is 7.27. The van der Waals surface area contributed by atoms with Gasteiger partial charge in [0.05, 0.1) is 5.75 Å². The summed E-state index contributed by atoms with van der Waals surface area (Å²) in [5.74, 6) is 0.0676. The summed E-state index contributed by atoms with van der Waals surface area (Å²) in [4.78, 5) is 0. The van der Waals surface area contributed by atoms with Crippen LogP contribution in [0.1, 0.15) is 46.0 Å². The van der Waals surface area contributed by atoms with Crippen molar-refractivity contribution in [3.63, 3.8) is 0 Å². The SMILES string of the molecule is CC(C)NS(=O)(=O)CC1(N)CCCCC1. The minimum absolute atomic E-state index is 0.0535. The maximum Gasteiger partial charge on any atom is 0.213 e. The molecule has 1 aliphatic carbocycles. The van der Waals surface area contributed by atoms with Crippen molar-refractivity contribution in [1.82, 2.24) is 4.72 Å². The fourth-order valence-corrected chi connectivity index (χ4v) is 4.03. The lowest BCUT2D eigenvalue weighted by Gasteiger charge is -2.33. The smallest absolute Gasteiger partial charge is 0.213 e. The first-order valence-electron chi connectivity index (χ1n) is 5.62. The number of nitrogens with two attached hydrogens (primary N) is 1. The van der Waals surface area contributed by atoms with E-state index in [1.807, 2.05) is 13.8 Å². The first-order chi connectivity index (χ1) is 6.83. The molecule has 0 spiro atoms. The van der Waals surface area contributed by atoms with E-state index in [1.54, 1.807) is 0 Å². The zero-order chi connectivity index (χ0) is 11.5. The van der Waals surface area contributed by atoms with Gasteiger partial charge in [-0.1, -0.05) is 19.3 Å². The molecule has 5 heteroatoms. The molecular weight excluding hydrogens is 212 g/mol. The molecule has 0 atom stereocenters. The van der Waals surface area contributed by atoms with Gasteiger partial charge in [-0.3, -0.25) is 0 Å². The molecule has 0 aromatic rings. The summed E-state index contributed by atoms with van der Waals surface area (Å²) in [6.07, 6.45) is 4.93. The summed E-state index contributed by atoms with van der Waals surface area (Å²) in [7, 11) is -3.21. The number of nitrogens with one attached hydrogen (secondary N) is 1. The maximum atomic E-state index is 11.7. The standard InChI is InChI=1S/C10H22N2O2S/c1-9(2)12-15(13,14)8-10(11)6-4-3-5-7-10/h9,12H,3-8,11H2,1-2H3. The Balaban J connectivity index is 2.59. The molecule has 0 aromatic heterocycles. The number of rotatable bonds is 4. The first kappa shape index (κ1) is 12.9. The molecule has 1 aliphatic rings. The van der Waals surface area contributed by atoms with Crippen LogP contribution in [0, 0.1) is 0 Å². The summed E-state index contributed by atoms with van der Waals surface area (Å²) in [5, 5.41) is 0. The van der Waals surface area contributed by atoms with Crippen molar-refractivity contribution < 1.29 is 8.42 Å². The molecule has 0 aromatic carbocycles. The van der Waals surface area contributed by atoms with Crippen LogP contribution in [0.25, 0.3) is 0 Å². The van der Waals surface area contributed by atoms with Gasteiger partial charge in [0.1, 0.15) is 0 Å². The topological polar surface area (TPSA) is 72.2 Å². The van der Waals surface area contributed by atoms with Crippen molar-refractivity contribution in [3.8, 4) is 0 Å². The number of hydrogen-bond acceptors (Lipinski definition) is 3. The lowest BCUT2D eigenvalue weighted by molar-refractivity contribution is 0.322. The van der Waals surface area contributed by atoms with Crippen LogP contribution in [0.3, 0.4) is 0 Å². The summed E-state index contributed by atoms with van der Waals surface area (Å²) in [5.41, 5.74) is 5.60. The van der Waals surface area contributed by atoms with Crippen molar-refractivity contribution in [2.24, 2.45) is 5.73 Å². The molecule has 15 heavy (non-hydrogen) atoms. The van der Waals surface area contributed by atoms with Gasteiger partial charge in [-0.25, -0.2) is 13.1 Å². The van der Waals surface area contributed by atoms with Crippen LogP contribution in [0.4, 0.5) is 0 Å². The average molecular weight is 234 g/mol. The minimum atomic E-state index is -3.21. The van der Waals surface area contributed by atoms with Gasteiger partial charge < -0.3 is 5.73 Å². The number of sulfonamides is 1. The van der Waals surface area contributed by atoms with Gasteiger partial charge in [0.25, 0.3) is 0 Å². The van der Waals surface area contributed by atoms with Gasteiger partial charge in [0.2, 0.25) is 10.0 Å². The Bertz CT molecular complexity index is 293. The second-order valence-corrected chi connectivity index (χ2v) is 6.71. The third-order valence-electron chi connectivity index (χ3n) is 2.74. The average Bonchev–Trinajstić information content (AvgIpc) is 1.99. The Morgan fingerprint density at radius 2 is 1.80 bits per heavy atom. The molecule has 1 rings (SSSR count). The van der Waals surface area contributed by atoms with Gasteiger partial charge in [-0.15, -0.1) is 0 Å². The second-order valence-electron chi connectivity index (χ2n) is 4.95. The second kappa shape index (κ2) is 4.80. The summed E-state index contributed by atoms with van der Waals surface area (Å²) < 4.78 is 26.0. The third kappa shape index (κ3) is 4.49. The fourth-order valence-electron chi connectivity index (χ4n) is 2.18. The molecule has 0 bridgehead atoms. The van der Waals surface area contributed by atoms with Crippen LogP contribution in [0.15, 0.2) is 0 Å². The highest BCUT2D eigenvalue weighted by molar-refractivity contribution is 7.89. The van der Waals surface area contributed by atoms with Crippen molar-refractivity contribution in [2.75, 3.05) is 5.75 Å². The zero-order valence-corrected chi connectivity index (χ0v) is 10.4. The maximum absolute atomic E-state index is 11.7. The van der Waals surface area contributed by atoms with E-state index in [4.69, 9.17) is 5.73 Å². The summed E-state index contributed by atoms with van der Waals surface area (Å²) >= 11 is 0. The molecule has 0 saturated heterocycles. The molecular formula is C10H22N2O2S. The highest BCUT2D eigenvalue weighted by atomic mass is 32.2. The summed E-state index contributed by atoms with van der Waals surface area (Å²) in [6.45, 7) is 3.64. The van der Waals surface area contributed by atoms with Crippen molar-refractivity contribution >= 4 is 10.0 Å². The lowest BCUT2D eigenvalue weighted by atomic mass is 9.84. The van der Waals surface area contributed by atoms with Crippen molar-refractivity contribution in [1.29, 1.82) is 0 Å². The Morgan fingerprint density at radius 1 is 1.27 bits per heavy atom. The monoisotopic (exact) mass is 234 g/mol. The van der Waals surface area contributed by atoms with Crippen LogP contribution in [-0.2, 0) is 10.0 Å². The molecule has 0 amide bonds. The van der Waals surface area contributed by atoms with E-state index in [1.165, 1.54) is 6.42 Å². The molecule has 1 saturated carbocycles. The quantitative estimate of drug-likeness (QED) is 0.761. The van der Waals surface area contributed by atoms with Crippen LogP contribution < -0.4 is 10.5 Å². The van der Waals surface area contributed by atoms with Gasteiger partial charge in [0, 0.05) is 11.6 Å². The van der Waals surface area contributed by atoms with Crippen molar-refractivity contribution in [3.05, 3.63) is 0 Å². The molecule has 0 heterocycles. The van der Waals surface area contributed by atoms with Gasteiger partial charge in [0.15, 0.2) is 0 Å². The van der Waals surface area contributed by atoms with E-state index in [9.17, 15) is 8.42 Å². The third-order valence-corrected chi connectivity index (χ3v) is 4.53. The molecule has 0 aliphatic heterocycles. The van der Waals surface area contributed by atoms with E-state index >= 15 is 0 Å². The Labute approximate surface area is 92.7 Å². The van der Waals surface area contributed by atoms with E-state index in [2.05, 4.69) is 4.72 Å². The van der Waals surface area contributed by atoms with Gasteiger partial charge >= 0.3 is 0 Å². The van der Waals surface area contributed by atoms with Crippen molar-refractivity contribution in [2.45, 2.75) is 57.5 Å². The van der Waals surface area contributed by atoms with Gasteiger partial charge in [-0.05, 0) is 26.7 Å².